The summed E-state index contributed by atoms with van der Waals surface area (Å²) in [4.78, 5) is 11.5. The van der Waals surface area contributed by atoms with Crippen LogP contribution in [-0.2, 0) is 11.2 Å². The highest BCUT2D eigenvalue weighted by Gasteiger charge is 2.24. The monoisotopic (exact) mass is 270 g/mol. The van der Waals surface area contributed by atoms with Crippen molar-refractivity contribution in [3.63, 3.8) is 0 Å². The number of carbonyl (C=O) groups is 1. The molecule has 80 valence electrons. The molecule has 1 fully saturated rings. The first-order valence-corrected chi connectivity index (χ1v) is 5.93. The zero-order valence-corrected chi connectivity index (χ0v) is 9.89. The van der Waals surface area contributed by atoms with Crippen molar-refractivity contribution in [2.75, 3.05) is 0 Å². The minimum atomic E-state index is -0.247. The zero-order chi connectivity index (χ0) is 10.8. The van der Waals surface area contributed by atoms with E-state index >= 15 is 0 Å². The molecule has 0 saturated heterocycles. The van der Waals surface area contributed by atoms with Gasteiger partial charge in [-0.15, -0.1) is 0 Å². The highest BCUT2D eigenvalue weighted by atomic mass is 79.9. The van der Waals surface area contributed by atoms with Crippen LogP contribution in [0, 0.1) is 11.7 Å². The Labute approximate surface area is 96.8 Å². The molecule has 1 atom stereocenters. The topological polar surface area (TPSA) is 17.1 Å². The Hall–Kier alpha value is -0.700. The molecular formula is C12H12BrFO. The van der Waals surface area contributed by atoms with Crippen LogP contribution in [0.15, 0.2) is 22.7 Å². The number of rotatable bonds is 2. The lowest BCUT2D eigenvalue weighted by Crippen LogP contribution is -2.09. The van der Waals surface area contributed by atoms with Crippen molar-refractivity contribution >= 4 is 21.7 Å². The number of Topliss-reactive ketones (excluding diaryl/α,β-unsaturated/α-hetero) is 1. The smallest absolute Gasteiger partial charge is 0.136 e. The van der Waals surface area contributed by atoms with Crippen molar-refractivity contribution < 1.29 is 9.18 Å². The van der Waals surface area contributed by atoms with Crippen LogP contribution in [-0.4, -0.2) is 5.78 Å². The van der Waals surface area contributed by atoms with Gasteiger partial charge in [-0.05, 0) is 37.0 Å². The first kappa shape index (κ1) is 10.8. The molecule has 1 nitrogen and oxygen atoms in total. The number of hydrogen-bond acceptors (Lipinski definition) is 1. The molecule has 1 aromatic carbocycles. The van der Waals surface area contributed by atoms with E-state index in [2.05, 4.69) is 15.9 Å². The van der Waals surface area contributed by atoms with Gasteiger partial charge >= 0.3 is 0 Å². The van der Waals surface area contributed by atoms with Gasteiger partial charge in [-0.25, -0.2) is 4.39 Å². The third kappa shape index (κ3) is 2.46. The first-order valence-electron chi connectivity index (χ1n) is 5.13. The molecule has 1 saturated carbocycles. The standard InChI is InChI=1S/C12H12BrFO/c13-11-7-10(14)5-4-8(11)6-9-2-1-3-12(9)15/h4-5,7,9H,1-3,6H2. The molecule has 1 aromatic rings. The second kappa shape index (κ2) is 4.44. The van der Waals surface area contributed by atoms with E-state index in [1.807, 2.05) is 0 Å². The fourth-order valence-corrected chi connectivity index (χ4v) is 2.57. The third-order valence-corrected chi connectivity index (χ3v) is 3.65. The maximum atomic E-state index is 12.8. The number of halogens is 2. The predicted octanol–water partition coefficient (Wildman–Crippen LogP) is 3.50. The summed E-state index contributed by atoms with van der Waals surface area (Å²) in [5.41, 5.74) is 1.02. The van der Waals surface area contributed by atoms with Gasteiger partial charge in [0, 0.05) is 16.8 Å². The van der Waals surface area contributed by atoms with Gasteiger partial charge in [0.05, 0.1) is 0 Å². The van der Waals surface area contributed by atoms with Crippen LogP contribution in [0.25, 0.3) is 0 Å². The molecule has 0 amide bonds. The lowest BCUT2D eigenvalue weighted by atomic mass is 9.97. The Morgan fingerprint density at radius 2 is 2.27 bits per heavy atom. The predicted molar refractivity (Wildman–Crippen MR) is 60.2 cm³/mol. The lowest BCUT2D eigenvalue weighted by Gasteiger charge is -2.09. The Balaban J connectivity index is 2.13. The fourth-order valence-electron chi connectivity index (χ4n) is 2.06. The summed E-state index contributed by atoms with van der Waals surface area (Å²) in [6.45, 7) is 0. The van der Waals surface area contributed by atoms with E-state index < -0.39 is 0 Å². The molecule has 1 unspecified atom stereocenters. The van der Waals surface area contributed by atoms with E-state index in [4.69, 9.17) is 0 Å². The molecule has 15 heavy (non-hydrogen) atoms. The average Bonchev–Trinajstić information content (AvgIpc) is 2.57. The van der Waals surface area contributed by atoms with Crippen LogP contribution in [0.4, 0.5) is 4.39 Å². The molecule has 0 aromatic heterocycles. The SMILES string of the molecule is O=C1CCCC1Cc1ccc(F)cc1Br. The van der Waals surface area contributed by atoms with E-state index in [-0.39, 0.29) is 11.7 Å². The zero-order valence-electron chi connectivity index (χ0n) is 8.30. The van der Waals surface area contributed by atoms with Crippen LogP contribution < -0.4 is 0 Å². The van der Waals surface area contributed by atoms with Crippen LogP contribution >= 0.6 is 15.9 Å². The van der Waals surface area contributed by atoms with Crippen LogP contribution in [0.5, 0.6) is 0 Å². The summed E-state index contributed by atoms with van der Waals surface area (Å²) in [7, 11) is 0. The van der Waals surface area contributed by atoms with Gasteiger partial charge in [-0.1, -0.05) is 22.0 Å². The maximum absolute atomic E-state index is 12.8. The molecule has 1 aliphatic rings. The second-order valence-corrected chi connectivity index (χ2v) is 4.85. The van der Waals surface area contributed by atoms with Crippen LogP contribution in [0.2, 0.25) is 0 Å². The molecule has 0 N–H and O–H groups in total. The minimum absolute atomic E-state index is 0.145. The molecule has 0 heterocycles. The van der Waals surface area contributed by atoms with Crippen LogP contribution in [0.1, 0.15) is 24.8 Å². The Morgan fingerprint density at radius 1 is 1.47 bits per heavy atom. The molecule has 3 heteroatoms. The summed E-state index contributed by atoms with van der Waals surface area (Å²) in [5, 5.41) is 0. The average molecular weight is 271 g/mol. The van der Waals surface area contributed by atoms with Crippen molar-refractivity contribution in [1.82, 2.24) is 0 Å². The summed E-state index contributed by atoms with van der Waals surface area (Å²) in [5.74, 6) is 0.251. The van der Waals surface area contributed by atoms with Gasteiger partial charge < -0.3 is 0 Å². The highest BCUT2D eigenvalue weighted by molar-refractivity contribution is 9.10. The minimum Gasteiger partial charge on any atom is -0.299 e. The number of benzene rings is 1. The summed E-state index contributed by atoms with van der Waals surface area (Å²) in [6, 6.07) is 4.65. The van der Waals surface area contributed by atoms with E-state index in [0.29, 0.717) is 12.2 Å². The molecule has 0 aliphatic heterocycles. The van der Waals surface area contributed by atoms with Gasteiger partial charge in [0.15, 0.2) is 0 Å². The van der Waals surface area contributed by atoms with Crippen molar-refractivity contribution in [3.8, 4) is 0 Å². The van der Waals surface area contributed by atoms with E-state index in [1.165, 1.54) is 12.1 Å². The van der Waals surface area contributed by atoms with Crippen molar-refractivity contribution in [2.45, 2.75) is 25.7 Å². The van der Waals surface area contributed by atoms with Crippen molar-refractivity contribution in [2.24, 2.45) is 5.92 Å². The Bertz CT molecular complexity index is 389. The third-order valence-electron chi connectivity index (χ3n) is 2.91. The Morgan fingerprint density at radius 3 is 2.87 bits per heavy atom. The van der Waals surface area contributed by atoms with Crippen molar-refractivity contribution in [1.29, 1.82) is 0 Å². The van der Waals surface area contributed by atoms with Crippen molar-refractivity contribution in [3.05, 3.63) is 34.1 Å². The van der Waals surface area contributed by atoms with E-state index in [1.54, 1.807) is 6.07 Å². The lowest BCUT2D eigenvalue weighted by molar-refractivity contribution is -0.120. The summed E-state index contributed by atoms with van der Waals surface area (Å²) >= 11 is 3.32. The van der Waals surface area contributed by atoms with Crippen LogP contribution in [0.3, 0.4) is 0 Å². The molecule has 2 rings (SSSR count). The normalized spacial score (nSPS) is 20.9. The quantitative estimate of drug-likeness (QED) is 0.804. The van der Waals surface area contributed by atoms with Gasteiger partial charge in [0.25, 0.3) is 0 Å². The molecule has 0 bridgehead atoms. The fraction of sp³-hybridized carbons (Fsp3) is 0.417. The molecule has 1 aliphatic carbocycles. The summed E-state index contributed by atoms with van der Waals surface area (Å²) in [6.07, 6.45) is 3.42. The van der Waals surface area contributed by atoms with Gasteiger partial charge in [0.2, 0.25) is 0 Å². The summed E-state index contributed by atoms with van der Waals surface area (Å²) < 4.78 is 13.6. The second-order valence-electron chi connectivity index (χ2n) is 4.00. The van der Waals surface area contributed by atoms with E-state index in [9.17, 15) is 9.18 Å². The van der Waals surface area contributed by atoms with E-state index in [0.717, 1.165) is 29.3 Å². The van der Waals surface area contributed by atoms with Gasteiger partial charge in [0.1, 0.15) is 11.6 Å². The number of ketones is 1. The number of hydrogen-bond donors (Lipinski definition) is 0. The molecular weight excluding hydrogens is 259 g/mol. The largest absolute Gasteiger partial charge is 0.299 e. The number of carbonyl (C=O) groups excluding carboxylic acids is 1. The molecule has 0 spiro atoms. The van der Waals surface area contributed by atoms with Gasteiger partial charge in [-0.3, -0.25) is 4.79 Å². The van der Waals surface area contributed by atoms with Gasteiger partial charge in [-0.2, -0.15) is 0 Å². The maximum Gasteiger partial charge on any atom is 0.136 e. The molecule has 0 radical (unpaired) electrons. The Kier molecular flexibility index (Phi) is 3.19. The first-order chi connectivity index (χ1) is 7.16. The highest BCUT2D eigenvalue weighted by Crippen LogP contribution is 2.28.